The first kappa shape index (κ1) is 23.2. The fourth-order valence-electron chi connectivity index (χ4n) is 3.84. The van der Waals surface area contributed by atoms with E-state index in [1.54, 1.807) is 11.0 Å². The number of benzene rings is 2. The van der Waals surface area contributed by atoms with Crippen LogP contribution in [0.1, 0.15) is 20.8 Å². The molecule has 0 aliphatic carbocycles. The Labute approximate surface area is 199 Å². The predicted molar refractivity (Wildman–Crippen MR) is 130 cm³/mol. The topological polar surface area (TPSA) is 95.8 Å². The lowest BCUT2D eigenvalue weighted by Crippen LogP contribution is -2.50. The van der Waals surface area contributed by atoms with Gasteiger partial charge in [-0.1, -0.05) is 23.7 Å². The average Bonchev–Trinajstić information content (AvgIpc) is 3.12. The van der Waals surface area contributed by atoms with Crippen molar-refractivity contribution in [3.05, 3.63) is 67.5 Å². The maximum atomic E-state index is 13.1. The van der Waals surface area contributed by atoms with Crippen molar-refractivity contribution < 1.29 is 14.5 Å². The van der Waals surface area contributed by atoms with Crippen LogP contribution < -0.4 is 5.32 Å². The molecule has 172 valence electrons. The molecule has 33 heavy (non-hydrogen) atoms. The number of hydrogen-bond donors (Lipinski definition) is 1. The summed E-state index contributed by atoms with van der Waals surface area (Å²) in [7, 11) is 0. The van der Waals surface area contributed by atoms with E-state index in [1.165, 1.54) is 23.5 Å². The highest BCUT2D eigenvalue weighted by atomic mass is 35.5. The summed E-state index contributed by atoms with van der Waals surface area (Å²) >= 11 is 7.60. The fraction of sp³-hybridized carbons (Fsp3) is 0.304. The van der Waals surface area contributed by atoms with E-state index in [0.717, 1.165) is 16.8 Å². The van der Waals surface area contributed by atoms with Crippen LogP contribution in [0.2, 0.25) is 5.02 Å². The third-order valence-electron chi connectivity index (χ3n) is 5.92. The first-order chi connectivity index (χ1) is 15.7. The van der Waals surface area contributed by atoms with E-state index in [2.05, 4.69) is 5.32 Å². The third kappa shape index (κ3) is 4.85. The van der Waals surface area contributed by atoms with Crippen LogP contribution in [0.15, 0.2) is 36.4 Å². The number of nitrogens with one attached hydrogen (secondary N) is 1. The number of amides is 2. The molecule has 1 fully saturated rings. The molecule has 1 N–H and O–H groups in total. The van der Waals surface area contributed by atoms with Gasteiger partial charge in [0, 0.05) is 54.1 Å². The predicted octanol–water partition coefficient (Wildman–Crippen LogP) is 4.48. The van der Waals surface area contributed by atoms with Gasteiger partial charge in [-0.2, -0.15) is 0 Å². The number of piperazine rings is 1. The smallest absolute Gasteiger partial charge is 0.270 e. The van der Waals surface area contributed by atoms with Crippen molar-refractivity contribution in [2.24, 2.45) is 0 Å². The fourth-order valence-corrected chi connectivity index (χ4v) is 5.35. The monoisotopic (exact) mass is 486 g/mol. The number of nitro benzene ring substituents is 1. The Morgan fingerprint density at radius 2 is 1.88 bits per heavy atom. The maximum Gasteiger partial charge on any atom is 0.270 e. The maximum absolute atomic E-state index is 13.1. The van der Waals surface area contributed by atoms with Crippen LogP contribution >= 0.6 is 22.9 Å². The Hall–Kier alpha value is -3.01. The molecule has 8 nitrogen and oxygen atoms in total. The van der Waals surface area contributed by atoms with Crippen LogP contribution in [-0.4, -0.2) is 59.3 Å². The van der Waals surface area contributed by atoms with E-state index in [9.17, 15) is 19.7 Å². The summed E-state index contributed by atoms with van der Waals surface area (Å²) < 4.78 is 0.610. The molecule has 0 radical (unpaired) electrons. The Morgan fingerprint density at radius 1 is 1.15 bits per heavy atom. The lowest BCUT2D eigenvalue weighted by atomic mass is 10.1. The van der Waals surface area contributed by atoms with Gasteiger partial charge in [0.15, 0.2) is 0 Å². The lowest BCUT2D eigenvalue weighted by molar-refractivity contribution is -0.384. The summed E-state index contributed by atoms with van der Waals surface area (Å²) in [5, 5.41) is 15.0. The first-order valence-electron chi connectivity index (χ1n) is 10.5. The number of fused-ring (bicyclic) bond motifs is 1. The molecule has 0 bridgehead atoms. The second-order valence-corrected chi connectivity index (χ2v) is 9.48. The zero-order chi connectivity index (χ0) is 23.7. The highest BCUT2D eigenvalue weighted by molar-refractivity contribution is 7.21. The minimum absolute atomic E-state index is 0.0350. The summed E-state index contributed by atoms with van der Waals surface area (Å²) in [6.07, 6.45) is 0. The van der Waals surface area contributed by atoms with Gasteiger partial charge in [0.05, 0.1) is 16.5 Å². The molecule has 4 rings (SSSR count). The standard InChI is InChI=1S/C23H23ClN4O4S/c1-14-4-3-5-18(15(14)2)25-20(29)13-26-8-10-27(11-9-26)23(30)22-21(24)17-7-6-16(28(31)32)12-19(17)33-22/h3-7,12H,8-11,13H2,1-2H3,(H,25,29). The molecule has 0 spiro atoms. The van der Waals surface area contributed by atoms with Gasteiger partial charge in [-0.05, 0) is 37.1 Å². The number of halogens is 1. The second-order valence-electron chi connectivity index (χ2n) is 8.05. The molecular formula is C23H23ClN4O4S. The van der Waals surface area contributed by atoms with E-state index in [-0.39, 0.29) is 24.0 Å². The highest BCUT2D eigenvalue weighted by Gasteiger charge is 2.27. The average molecular weight is 487 g/mol. The molecule has 10 heteroatoms. The van der Waals surface area contributed by atoms with Crippen LogP contribution in [0.3, 0.4) is 0 Å². The third-order valence-corrected chi connectivity index (χ3v) is 7.57. The van der Waals surface area contributed by atoms with Gasteiger partial charge in [-0.15, -0.1) is 11.3 Å². The number of thiophene rings is 1. The van der Waals surface area contributed by atoms with Crippen LogP contribution in [0.4, 0.5) is 11.4 Å². The van der Waals surface area contributed by atoms with Gasteiger partial charge >= 0.3 is 0 Å². The number of non-ortho nitro benzene ring substituents is 1. The largest absolute Gasteiger partial charge is 0.335 e. The van der Waals surface area contributed by atoms with Crippen LogP contribution in [0, 0.1) is 24.0 Å². The number of rotatable bonds is 5. The molecule has 3 aromatic rings. The number of hydrogen-bond acceptors (Lipinski definition) is 6. The summed E-state index contributed by atoms with van der Waals surface area (Å²) in [5.74, 6) is -0.277. The van der Waals surface area contributed by atoms with Crippen molar-refractivity contribution in [1.82, 2.24) is 9.80 Å². The van der Waals surface area contributed by atoms with Crippen LogP contribution in [0.5, 0.6) is 0 Å². The Kier molecular flexibility index (Phi) is 6.64. The van der Waals surface area contributed by atoms with E-state index in [1.807, 2.05) is 36.9 Å². The zero-order valence-corrected chi connectivity index (χ0v) is 19.8. The number of nitrogens with zero attached hydrogens (tertiary/aromatic N) is 3. The van der Waals surface area contributed by atoms with Gasteiger partial charge in [-0.3, -0.25) is 24.6 Å². The van der Waals surface area contributed by atoms with Gasteiger partial charge < -0.3 is 10.2 Å². The van der Waals surface area contributed by atoms with E-state index < -0.39 is 4.92 Å². The van der Waals surface area contributed by atoms with E-state index >= 15 is 0 Å². The van der Waals surface area contributed by atoms with Gasteiger partial charge in [0.25, 0.3) is 11.6 Å². The van der Waals surface area contributed by atoms with Gasteiger partial charge in [-0.25, -0.2) is 0 Å². The molecule has 1 aliphatic heterocycles. The van der Waals surface area contributed by atoms with Gasteiger partial charge in [0.1, 0.15) is 4.88 Å². The molecule has 0 atom stereocenters. The Bertz CT molecular complexity index is 1250. The SMILES string of the molecule is Cc1cccc(NC(=O)CN2CCN(C(=O)c3sc4cc([N+](=O)[O-])ccc4c3Cl)CC2)c1C. The van der Waals surface area contributed by atoms with Crippen molar-refractivity contribution in [3.63, 3.8) is 0 Å². The van der Waals surface area contributed by atoms with Crippen LogP contribution in [-0.2, 0) is 4.79 Å². The summed E-state index contributed by atoms with van der Waals surface area (Å²) in [6.45, 7) is 6.32. The number of anilines is 1. The van der Waals surface area contributed by atoms with Crippen molar-refractivity contribution in [2.45, 2.75) is 13.8 Å². The molecule has 2 amide bonds. The molecule has 0 saturated carbocycles. The molecule has 2 aromatic carbocycles. The minimum atomic E-state index is -0.468. The van der Waals surface area contributed by atoms with Crippen LogP contribution in [0.25, 0.3) is 10.1 Å². The molecule has 1 aliphatic rings. The molecular weight excluding hydrogens is 464 g/mol. The van der Waals surface area contributed by atoms with Gasteiger partial charge in [0.2, 0.25) is 5.91 Å². The molecule has 2 heterocycles. The molecule has 1 saturated heterocycles. The Balaban J connectivity index is 1.37. The summed E-state index contributed by atoms with van der Waals surface area (Å²) in [4.78, 5) is 40.2. The van der Waals surface area contributed by atoms with Crippen molar-refractivity contribution >= 4 is 56.2 Å². The number of aryl methyl sites for hydroxylation is 1. The quantitative estimate of drug-likeness (QED) is 0.424. The van der Waals surface area contributed by atoms with Crippen molar-refractivity contribution in [1.29, 1.82) is 0 Å². The number of carbonyl (C=O) groups excluding carboxylic acids is 2. The Morgan fingerprint density at radius 3 is 2.58 bits per heavy atom. The first-order valence-corrected chi connectivity index (χ1v) is 11.7. The van der Waals surface area contributed by atoms with Crippen molar-refractivity contribution in [2.75, 3.05) is 38.0 Å². The summed E-state index contributed by atoms with van der Waals surface area (Å²) in [5.41, 5.74) is 2.95. The number of carbonyl (C=O) groups is 2. The summed E-state index contributed by atoms with van der Waals surface area (Å²) in [6, 6.07) is 10.2. The normalized spacial score (nSPS) is 14.5. The highest BCUT2D eigenvalue weighted by Crippen LogP contribution is 2.38. The number of nitro groups is 1. The van der Waals surface area contributed by atoms with E-state index in [4.69, 9.17) is 11.6 Å². The minimum Gasteiger partial charge on any atom is -0.335 e. The molecule has 0 unspecified atom stereocenters. The second kappa shape index (κ2) is 9.46. The van der Waals surface area contributed by atoms with Crippen molar-refractivity contribution in [3.8, 4) is 0 Å². The zero-order valence-electron chi connectivity index (χ0n) is 18.3. The van der Waals surface area contributed by atoms with E-state index in [0.29, 0.717) is 46.2 Å². The lowest BCUT2D eigenvalue weighted by Gasteiger charge is -2.34. The molecule has 1 aromatic heterocycles.